The molecule has 0 saturated heterocycles. The van der Waals surface area contributed by atoms with Crippen LogP contribution in [-0.2, 0) is 5.75 Å². The van der Waals surface area contributed by atoms with Crippen molar-refractivity contribution in [2.24, 2.45) is 0 Å². The molecule has 22 heavy (non-hydrogen) atoms. The number of carbonyl (C=O) groups excluding carboxylic acids is 1. The summed E-state index contributed by atoms with van der Waals surface area (Å²) in [6, 6.07) is 6.75. The number of thioether (sulfide) groups is 1. The van der Waals surface area contributed by atoms with Crippen LogP contribution in [0.25, 0.3) is 0 Å². The molecule has 0 radical (unpaired) electrons. The first kappa shape index (κ1) is 16.6. The van der Waals surface area contributed by atoms with Crippen LogP contribution in [0.15, 0.2) is 28.7 Å². The Morgan fingerprint density at radius 2 is 1.95 bits per heavy atom. The summed E-state index contributed by atoms with van der Waals surface area (Å²) in [4.78, 5) is 12.1. The van der Waals surface area contributed by atoms with Crippen molar-refractivity contribution in [1.29, 1.82) is 0 Å². The Morgan fingerprint density at radius 1 is 1.23 bits per heavy atom. The van der Waals surface area contributed by atoms with Gasteiger partial charge in [0.2, 0.25) is 0 Å². The first-order valence-electron chi connectivity index (χ1n) is 7.16. The van der Waals surface area contributed by atoms with Crippen LogP contribution in [0.1, 0.15) is 33.0 Å². The molecule has 118 valence electrons. The molecular formula is C17H20FNO2S. The molecule has 1 N–H and O–H groups in total. The normalized spacial score (nSPS) is 10.7. The molecule has 0 aliphatic carbocycles. The van der Waals surface area contributed by atoms with Crippen molar-refractivity contribution in [2.45, 2.75) is 26.5 Å². The van der Waals surface area contributed by atoms with Gasteiger partial charge in [0.15, 0.2) is 0 Å². The number of rotatable bonds is 6. The smallest absolute Gasteiger partial charge is 0.255 e. The molecule has 0 fully saturated rings. The summed E-state index contributed by atoms with van der Waals surface area (Å²) in [6.07, 6.45) is 0. The van der Waals surface area contributed by atoms with E-state index in [1.54, 1.807) is 30.8 Å². The lowest BCUT2D eigenvalue weighted by Crippen LogP contribution is -2.26. The van der Waals surface area contributed by atoms with Gasteiger partial charge in [-0.2, -0.15) is 11.8 Å². The van der Waals surface area contributed by atoms with Gasteiger partial charge in [-0.25, -0.2) is 4.39 Å². The first-order chi connectivity index (χ1) is 10.5. The van der Waals surface area contributed by atoms with Crippen molar-refractivity contribution < 1.29 is 13.6 Å². The summed E-state index contributed by atoms with van der Waals surface area (Å²) in [5, 5.41) is 2.88. The van der Waals surface area contributed by atoms with E-state index in [2.05, 4.69) is 5.32 Å². The first-order valence-corrected chi connectivity index (χ1v) is 8.32. The molecule has 0 saturated carbocycles. The van der Waals surface area contributed by atoms with Gasteiger partial charge in [0, 0.05) is 23.6 Å². The number of benzene rings is 1. The summed E-state index contributed by atoms with van der Waals surface area (Å²) >= 11 is 1.59. The van der Waals surface area contributed by atoms with E-state index in [-0.39, 0.29) is 11.7 Å². The molecule has 1 aromatic heterocycles. The number of hydrogen-bond acceptors (Lipinski definition) is 3. The molecule has 1 heterocycles. The number of halogens is 1. The highest BCUT2D eigenvalue weighted by molar-refractivity contribution is 7.98. The summed E-state index contributed by atoms with van der Waals surface area (Å²) in [5.41, 5.74) is 2.20. The minimum Gasteiger partial charge on any atom is -0.466 e. The summed E-state index contributed by atoms with van der Waals surface area (Å²) in [7, 11) is 0. The van der Waals surface area contributed by atoms with Crippen LogP contribution in [0.3, 0.4) is 0 Å². The van der Waals surface area contributed by atoms with Crippen LogP contribution in [0.2, 0.25) is 0 Å². The predicted octanol–water partition coefficient (Wildman–Crippen LogP) is 4.01. The van der Waals surface area contributed by atoms with E-state index in [0.29, 0.717) is 29.2 Å². The van der Waals surface area contributed by atoms with Gasteiger partial charge in [-0.15, -0.1) is 0 Å². The molecular weight excluding hydrogens is 301 g/mol. The highest BCUT2D eigenvalue weighted by atomic mass is 32.2. The van der Waals surface area contributed by atoms with Crippen molar-refractivity contribution in [3.63, 3.8) is 0 Å². The maximum atomic E-state index is 13.4. The Bertz CT molecular complexity index is 667. The monoisotopic (exact) mass is 321 g/mol. The summed E-state index contributed by atoms with van der Waals surface area (Å²) in [5.74, 6) is 2.46. The number of nitrogens with one attached hydrogen (secondary N) is 1. The SMILES string of the molecule is Cc1oc(C)c(C(=O)NCCSCc2ccccc2F)c1C. The molecule has 1 amide bonds. The lowest BCUT2D eigenvalue weighted by Gasteiger charge is -2.06. The third-order valence-electron chi connectivity index (χ3n) is 3.54. The Kier molecular flexibility index (Phi) is 5.66. The fourth-order valence-corrected chi connectivity index (χ4v) is 3.09. The number of hydrogen-bond donors (Lipinski definition) is 1. The van der Waals surface area contributed by atoms with Gasteiger partial charge in [-0.1, -0.05) is 18.2 Å². The molecule has 1 aromatic carbocycles. The molecule has 3 nitrogen and oxygen atoms in total. The molecule has 2 rings (SSSR count). The topological polar surface area (TPSA) is 42.2 Å². The number of furan rings is 1. The highest BCUT2D eigenvalue weighted by Crippen LogP contribution is 2.20. The van der Waals surface area contributed by atoms with Crippen LogP contribution in [0.5, 0.6) is 0 Å². The minimum atomic E-state index is -0.181. The van der Waals surface area contributed by atoms with Crippen LogP contribution in [0.4, 0.5) is 4.39 Å². The zero-order chi connectivity index (χ0) is 16.1. The Morgan fingerprint density at radius 3 is 2.59 bits per heavy atom. The van der Waals surface area contributed by atoms with Gasteiger partial charge in [-0.05, 0) is 32.4 Å². The maximum absolute atomic E-state index is 13.4. The van der Waals surface area contributed by atoms with E-state index in [0.717, 1.165) is 17.1 Å². The average molecular weight is 321 g/mol. The fraction of sp³-hybridized carbons (Fsp3) is 0.353. The molecule has 0 aliphatic heterocycles. The molecule has 0 bridgehead atoms. The van der Waals surface area contributed by atoms with Gasteiger partial charge >= 0.3 is 0 Å². The van der Waals surface area contributed by atoms with Crippen molar-refractivity contribution in [1.82, 2.24) is 5.32 Å². The zero-order valence-electron chi connectivity index (χ0n) is 13.0. The fourth-order valence-electron chi connectivity index (χ4n) is 2.25. The summed E-state index contributed by atoms with van der Waals surface area (Å²) in [6.45, 7) is 6.07. The van der Waals surface area contributed by atoms with Gasteiger partial charge in [0.1, 0.15) is 17.3 Å². The van der Waals surface area contributed by atoms with E-state index in [1.807, 2.05) is 19.9 Å². The lowest BCUT2D eigenvalue weighted by molar-refractivity contribution is 0.0954. The summed E-state index contributed by atoms with van der Waals surface area (Å²) < 4.78 is 18.9. The Hall–Kier alpha value is -1.75. The average Bonchev–Trinajstić information content (AvgIpc) is 2.73. The van der Waals surface area contributed by atoms with Crippen molar-refractivity contribution in [3.8, 4) is 0 Å². The highest BCUT2D eigenvalue weighted by Gasteiger charge is 2.17. The Balaban J connectivity index is 1.77. The van der Waals surface area contributed by atoms with Gasteiger partial charge in [0.05, 0.1) is 5.56 Å². The molecule has 0 unspecified atom stereocenters. The van der Waals surface area contributed by atoms with Crippen molar-refractivity contribution in [2.75, 3.05) is 12.3 Å². The second-order valence-electron chi connectivity index (χ2n) is 5.11. The number of aryl methyl sites for hydroxylation is 2. The zero-order valence-corrected chi connectivity index (χ0v) is 13.8. The lowest BCUT2D eigenvalue weighted by atomic mass is 10.1. The van der Waals surface area contributed by atoms with E-state index in [1.165, 1.54) is 6.07 Å². The van der Waals surface area contributed by atoms with Crippen LogP contribution in [-0.4, -0.2) is 18.2 Å². The number of carbonyl (C=O) groups is 1. The van der Waals surface area contributed by atoms with Gasteiger partial charge in [0.25, 0.3) is 5.91 Å². The molecule has 2 aromatic rings. The predicted molar refractivity (Wildman–Crippen MR) is 87.8 cm³/mol. The van der Waals surface area contributed by atoms with Crippen molar-refractivity contribution >= 4 is 17.7 Å². The van der Waals surface area contributed by atoms with Crippen LogP contribution < -0.4 is 5.32 Å². The van der Waals surface area contributed by atoms with E-state index < -0.39 is 0 Å². The van der Waals surface area contributed by atoms with Gasteiger partial charge in [-0.3, -0.25) is 4.79 Å². The number of amides is 1. The van der Waals surface area contributed by atoms with E-state index >= 15 is 0 Å². The van der Waals surface area contributed by atoms with Crippen molar-refractivity contribution in [3.05, 3.63) is 58.3 Å². The van der Waals surface area contributed by atoms with Crippen LogP contribution in [0, 0.1) is 26.6 Å². The second kappa shape index (κ2) is 7.49. The standard InChI is InChI=1S/C17H20FNO2S/c1-11-12(2)21-13(3)16(11)17(20)19-8-9-22-10-14-6-4-5-7-15(14)18/h4-7H,8-10H2,1-3H3,(H,19,20). The van der Waals surface area contributed by atoms with Gasteiger partial charge < -0.3 is 9.73 Å². The molecule has 0 atom stereocenters. The molecule has 0 spiro atoms. The third-order valence-corrected chi connectivity index (χ3v) is 4.54. The van der Waals surface area contributed by atoms with E-state index in [4.69, 9.17) is 4.42 Å². The Labute approximate surface area is 134 Å². The molecule has 0 aliphatic rings. The third kappa shape index (κ3) is 3.91. The maximum Gasteiger partial charge on any atom is 0.255 e. The molecule has 5 heteroatoms. The minimum absolute atomic E-state index is 0.113. The van der Waals surface area contributed by atoms with E-state index in [9.17, 15) is 9.18 Å². The van der Waals surface area contributed by atoms with Crippen LogP contribution >= 0.6 is 11.8 Å². The second-order valence-corrected chi connectivity index (χ2v) is 6.22. The largest absolute Gasteiger partial charge is 0.466 e. The quantitative estimate of drug-likeness (QED) is 0.818.